The van der Waals surface area contributed by atoms with Crippen molar-refractivity contribution >= 4 is 33.3 Å². The summed E-state index contributed by atoms with van der Waals surface area (Å²) in [6, 6.07) is 0.917. The van der Waals surface area contributed by atoms with E-state index in [0.717, 1.165) is 0 Å². The lowest BCUT2D eigenvalue weighted by Gasteiger charge is -2.12. The van der Waals surface area contributed by atoms with E-state index in [1.807, 2.05) is 0 Å². The predicted molar refractivity (Wildman–Crippen MR) is 68.3 cm³/mol. The number of anilines is 1. The van der Waals surface area contributed by atoms with Crippen LogP contribution in [0.5, 0.6) is 0 Å². The Labute approximate surface area is 111 Å². The molecule has 2 heterocycles. The first-order valence-corrected chi connectivity index (χ1v) is 6.10. The second-order valence-electron chi connectivity index (χ2n) is 4.02. The van der Waals surface area contributed by atoms with Gasteiger partial charge in [0.15, 0.2) is 0 Å². The average Bonchev–Trinajstić information content (AvgIpc) is 2.63. The number of nitrogens with zero attached hydrogens (tertiary/aromatic N) is 3. The van der Waals surface area contributed by atoms with E-state index in [0.29, 0.717) is 17.4 Å². The Balaban J connectivity index is 2.24. The number of halogens is 1. The monoisotopic (exact) mass is 314 g/mol. The number of pyridine rings is 1. The molecule has 1 amide bonds. The van der Waals surface area contributed by atoms with Gasteiger partial charge in [0.25, 0.3) is 0 Å². The van der Waals surface area contributed by atoms with Crippen molar-refractivity contribution in [2.24, 2.45) is 0 Å². The zero-order chi connectivity index (χ0) is 13.3. The largest absolute Gasteiger partial charge is 0.353 e. The Morgan fingerprint density at radius 1 is 1.67 bits per heavy atom. The van der Waals surface area contributed by atoms with Gasteiger partial charge in [-0.05, 0) is 22.4 Å². The van der Waals surface area contributed by atoms with Gasteiger partial charge < -0.3 is 10.2 Å². The van der Waals surface area contributed by atoms with Crippen molar-refractivity contribution in [3.05, 3.63) is 26.9 Å². The summed E-state index contributed by atoms with van der Waals surface area (Å²) in [4.78, 5) is 27.6. The van der Waals surface area contributed by atoms with E-state index in [4.69, 9.17) is 0 Å². The molecule has 18 heavy (non-hydrogen) atoms. The number of rotatable bonds is 3. The van der Waals surface area contributed by atoms with E-state index in [2.05, 4.69) is 26.2 Å². The minimum Gasteiger partial charge on any atom is -0.353 e. The number of nitro groups is 1. The van der Waals surface area contributed by atoms with E-state index >= 15 is 0 Å². The number of amides is 1. The van der Waals surface area contributed by atoms with Gasteiger partial charge in [-0.3, -0.25) is 14.9 Å². The number of carbonyl (C=O) groups is 1. The second kappa shape index (κ2) is 4.89. The van der Waals surface area contributed by atoms with Crippen LogP contribution >= 0.6 is 15.9 Å². The van der Waals surface area contributed by atoms with Crippen LogP contribution in [-0.4, -0.2) is 40.3 Å². The van der Waals surface area contributed by atoms with E-state index in [1.165, 1.54) is 12.3 Å². The molecule has 1 atom stereocenters. The fraction of sp³-hybridized carbons (Fsp3) is 0.400. The Hall–Kier alpha value is -1.70. The van der Waals surface area contributed by atoms with Crippen molar-refractivity contribution in [3.8, 4) is 0 Å². The summed E-state index contributed by atoms with van der Waals surface area (Å²) in [6.07, 6.45) is 2.07. The number of aromatic nitrogens is 1. The molecule has 1 aromatic rings. The maximum Gasteiger partial charge on any atom is 0.312 e. The van der Waals surface area contributed by atoms with Crippen LogP contribution in [0.15, 0.2) is 16.7 Å². The molecule has 0 spiro atoms. The zero-order valence-corrected chi connectivity index (χ0v) is 11.2. The number of nitrogens with one attached hydrogen (secondary N) is 1. The Morgan fingerprint density at radius 2 is 2.39 bits per heavy atom. The first-order chi connectivity index (χ1) is 8.49. The van der Waals surface area contributed by atoms with Gasteiger partial charge in [-0.15, -0.1) is 0 Å². The summed E-state index contributed by atoms with van der Waals surface area (Å²) in [6.45, 7) is 0.640. The highest BCUT2D eigenvalue weighted by atomic mass is 79.9. The molecule has 0 bridgehead atoms. The van der Waals surface area contributed by atoms with Crippen molar-refractivity contribution < 1.29 is 9.72 Å². The number of likely N-dealkylation sites (N-methyl/N-ethyl adjacent to an activating group) is 1. The van der Waals surface area contributed by atoms with Crippen molar-refractivity contribution in [2.45, 2.75) is 12.5 Å². The molecule has 0 aliphatic carbocycles. The van der Waals surface area contributed by atoms with Gasteiger partial charge in [0.1, 0.15) is 6.04 Å². The number of likely N-dealkylation sites (tertiary alicyclic amines) is 1. The first-order valence-electron chi connectivity index (χ1n) is 5.30. The molecule has 96 valence electrons. The highest BCUT2D eigenvalue weighted by Gasteiger charge is 2.31. The third-order valence-electron chi connectivity index (χ3n) is 2.77. The number of carbonyl (C=O) groups excluding carboxylic acids is 1. The van der Waals surface area contributed by atoms with Gasteiger partial charge in [0, 0.05) is 30.3 Å². The first kappa shape index (κ1) is 12.7. The van der Waals surface area contributed by atoms with E-state index in [1.54, 1.807) is 11.9 Å². The Morgan fingerprint density at radius 3 is 2.94 bits per heavy atom. The van der Waals surface area contributed by atoms with E-state index < -0.39 is 11.0 Å². The van der Waals surface area contributed by atoms with Crippen molar-refractivity contribution in [1.29, 1.82) is 0 Å². The lowest BCUT2D eigenvalue weighted by atomic mass is 10.2. The molecule has 1 unspecified atom stereocenters. The summed E-state index contributed by atoms with van der Waals surface area (Å²) in [5.74, 6) is 0.0471. The molecule has 1 aliphatic rings. The lowest BCUT2D eigenvalue weighted by Crippen LogP contribution is -2.31. The van der Waals surface area contributed by atoms with E-state index in [-0.39, 0.29) is 17.4 Å². The summed E-state index contributed by atoms with van der Waals surface area (Å²) >= 11 is 3.13. The lowest BCUT2D eigenvalue weighted by molar-refractivity contribution is -0.384. The highest BCUT2D eigenvalue weighted by Crippen LogP contribution is 2.27. The fourth-order valence-electron chi connectivity index (χ4n) is 1.80. The van der Waals surface area contributed by atoms with Gasteiger partial charge in [0.05, 0.1) is 4.92 Å². The molecule has 2 rings (SSSR count). The zero-order valence-electron chi connectivity index (χ0n) is 9.59. The van der Waals surface area contributed by atoms with Crippen LogP contribution in [0.3, 0.4) is 0 Å². The minimum atomic E-state index is -0.525. The third kappa shape index (κ3) is 2.42. The normalized spacial score (nSPS) is 19.1. The molecule has 1 aromatic heterocycles. The van der Waals surface area contributed by atoms with Crippen LogP contribution < -0.4 is 5.32 Å². The molecule has 1 N–H and O–H groups in total. The van der Waals surface area contributed by atoms with Crippen LogP contribution in [0.1, 0.15) is 6.42 Å². The number of hydrogen-bond acceptors (Lipinski definition) is 5. The molecular weight excluding hydrogens is 304 g/mol. The standard InChI is InChI=1S/C10H11BrN4O3/c1-14-3-2-7(10(14)16)13-9-8(15(17)18)4-6(11)5-12-9/h4-5,7H,2-3H2,1H3,(H,12,13). The van der Waals surface area contributed by atoms with Crippen LogP contribution in [0.25, 0.3) is 0 Å². The van der Waals surface area contributed by atoms with Gasteiger partial charge in [-0.2, -0.15) is 0 Å². The molecular formula is C10H11BrN4O3. The maximum atomic E-state index is 11.7. The van der Waals surface area contributed by atoms with Gasteiger partial charge in [-0.25, -0.2) is 4.98 Å². The molecule has 1 saturated heterocycles. The fourth-order valence-corrected chi connectivity index (χ4v) is 2.12. The van der Waals surface area contributed by atoms with Gasteiger partial charge >= 0.3 is 5.69 Å². The molecule has 1 fully saturated rings. The summed E-state index contributed by atoms with van der Waals surface area (Å²) in [7, 11) is 1.70. The van der Waals surface area contributed by atoms with Crippen molar-refractivity contribution in [3.63, 3.8) is 0 Å². The minimum absolute atomic E-state index is 0.0750. The Kier molecular flexibility index (Phi) is 3.46. The van der Waals surface area contributed by atoms with Crippen molar-refractivity contribution in [2.75, 3.05) is 18.9 Å². The molecule has 0 aromatic carbocycles. The SMILES string of the molecule is CN1CCC(Nc2ncc(Br)cc2[N+](=O)[O-])C1=O. The molecule has 0 radical (unpaired) electrons. The summed E-state index contributed by atoms with van der Waals surface area (Å²) in [5.41, 5.74) is -0.147. The summed E-state index contributed by atoms with van der Waals surface area (Å²) in [5, 5.41) is 13.7. The smallest absolute Gasteiger partial charge is 0.312 e. The quantitative estimate of drug-likeness (QED) is 0.673. The van der Waals surface area contributed by atoms with Gasteiger partial charge in [0.2, 0.25) is 11.7 Å². The van der Waals surface area contributed by atoms with Crippen LogP contribution in [0.4, 0.5) is 11.5 Å². The topological polar surface area (TPSA) is 88.4 Å². The molecule has 0 saturated carbocycles. The average molecular weight is 315 g/mol. The van der Waals surface area contributed by atoms with Crippen molar-refractivity contribution in [1.82, 2.24) is 9.88 Å². The molecule has 8 heteroatoms. The third-order valence-corrected chi connectivity index (χ3v) is 3.20. The predicted octanol–water partition coefficient (Wildman–Crippen LogP) is 1.39. The maximum absolute atomic E-state index is 11.7. The van der Waals surface area contributed by atoms with E-state index in [9.17, 15) is 14.9 Å². The highest BCUT2D eigenvalue weighted by molar-refractivity contribution is 9.10. The number of hydrogen-bond donors (Lipinski definition) is 1. The summed E-state index contributed by atoms with van der Waals surface area (Å²) < 4.78 is 0.523. The molecule has 1 aliphatic heterocycles. The van der Waals surface area contributed by atoms with Gasteiger partial charge in [-0.1, -0.05) is 0 Å². The molecule has 7 nitrogen and oxygen atoms in total. The van der Waals surface area contributed by atoms with Crippen LogP contribution in [0.2, 0.25) is 0 Å². The van der Waals surface area contributed by atoms with Crippen LogP contribution in [-0.2, 0) is 4.79 Å². The second-order valence-corrected chi connectivity index (χ2v) is 4.94. The Bertz CT molecular complexity index is 508. The van der Waals surface area contributed by atoms with Crippen LogP contribution in [0, 0.1) is 10.1 Å².